The summed E-state index contributed by atoms with van der Waals surface area (Å²) in [6, 6.07) is 36.9. The third-order valence-corrected chi connectivity index (χ3v) is 9.65. The minimum absolute atomic E-state index is 0.00167. The van der Waals surface area contributed by atoms with Gasteiger partial charge in [0.2, 0.25) is 21.0 Å². The molecule has 240 valence electrons. The van der Waals surface area contributed by atoms with Gasteiger partial charge >= 0.3 is 0 Å². The minimum atomic E-state index is -1.58. The molecule has 2 atom stereocenters. The summed E-state index contributed by atoms with van der Waals surface area (Å²) >= 11 is 23.7. The second-order valence-electron chi connectivity index (χ2n) is 11.0. The lowest BCUT2D eigenvalue weighted by Crippen LogP contribution is -2.45. The fourth-order valence-electron chi connectivity index (χ4n) is 5.99. The van der Waals surface area contributed by atoms with Gasteiger partial charge in [0.1, 0.15) is 10.8 Å². The predicted octanol–water partition coefficient (Wildman–Crippen LogP) is 10.1. The van der Waals surface area contributed by atoms with E-state index in [1.165, 1.54) is 0 Å². The Morgan fingerprint density at radius 2 is 0.935 bits per heavy atom. The Morgan fingerprint density at radius 3 is 1.30 bits per heavy atom. The van der Waals surface area contributed by atoms with Crippen molar-refractivity contribution in [3.8, 4) is 0 Å². The summed E-state index contributed by atoms with van der Waals surface area (Å²) in [4.78, 5) is 49.4. The van der Waals surface area contributed by atoms with E-state index in [1.54, 1.807) is 48.5 Å². The summed E-state index contributed by atoms with van der Waals surface area (Å²) < 4.78 is 0. The molecule has 4 nitrogen and oxygen atoms in total. The van der Waals surface area contributed by atoms with Crippen molar-refractivity contribution in [3.05, 3.63) is 144 Å². The van der Waals surface area contributed by atoms with Crippen LogP contribution in [0.5, 0.6) is 0 Å². The summed E-state index contributed by atoms with van der Waals surface area (Å²) in [5.41, 5.74) is -0.105. The van der Waals surface area contributed by atoms with E-state index in [9.17, 15) is 19.2 Å². The highest BCUT2D eigenvalue weighted by Gasteiger charge is 2.52. The zero-order valence-electron chi connectivity index (χ0n) is 25.7. The van der Waals surface area contributed by atoms with Gasteiger partial charge < -0.3 is 0 Å². The smallest absolute Gasteiger partial charge is 0.241 e. The summed E-state index contributed by atoms with van der Waals surface area (Å²) in [6.45, 7) is 4.02. The number of hydrogen-bond acceptors (Lipinski definition) is 4. The maximum Gasteiger partial charge on any atom is 0.241 e. The van der Waals surface area contributed by atoms with E-state index in [-0.39, 0.29) is 12.3 Å². The lowest BCUT2D eigenvalue weighted by Gasteiger charge is -2.35. The van der Waals surface area contributed by atoms with Gasteiger partial charge in [-0.3, -0.25) is 19.2 Å². The van der Waals surface area contributed by atoms with Crippen molar-refractivity contribution in [2.75, 3.05) is 0 Å². The van der Waals surface area contributed by atoms with Gasteiger partial charge in [-0.05, 0) is 93.8 Å². The van der Waals surface area contributed by atoms with Crippen molar-refractivity contribution in [2.24, 2.45) is 0 Å². The molecule has 0 fully saturated rings. The van der Waals surface area contributed by atoms with Crippen molar-refractivity contribution in [3.63, 3.8) is 0 Å². The number of carbonyl (C=O) groups excluding carboxylic acids is 4. The lowest BCUT2D eigenvalue weighted by atomic mass is 9.67. The number of halogens is 4. The van der Waals surface area contributed by atoms with Crippen molar-refractivity contribution < 1.29 is 19.2 Å². The van der Waals surface area contributed by atoms with Crippen molar-refractivity contribution in [2.45, 2.75) is 62.2 Å². The SMILES string of the molecule is CCC(CC(C(=O)Cl)(C(=O)Cl)c1ccccc1)c1ccccc1.CCCC(c1ccccc1)C(C(=O)Cl)(C(=O)Cl)c1ccccc1. The third-order valence-electron chi connectivity index (χ3n) is 8.41. The molecular formula is C38H36Cl4O4. The van der Waals surface area contributed by atoms with Crippen LogP contribution >= 0.6 is 46.4 Å². The third kappa shape index (κ3) is 8.16. The van der Waals surface area contributed by atoms with Gasteiger partial charge in [-0.15, -0.1) is 0 Å². The van der Waals surface area contributed by atoms with Crippen LogP contribution < -0.4 is 0 Å². The van der Waals surface area contributed by atoms with E-state index in [2.05, 4.69) is 0 Å². The van der Waals surface area contributed by atoms with Crippen molar-refractivity contribution in [1.29, 1.82) is 0 Å². The maximum absolute atomic E-state index is 12.5. The summed E-state index contributed by atoms with van der Waals surface area (Å²) in [7, 11) is 0. The van der Waals surface area contributed by atoms with Gasteiger partial charge in [0.05, 0.1) is 0 Å². The largest absolute Gasteiger partial charge is 0.280 e. The van der Waals surface area contributed by atoms with E-state index < -0.39 is 37.7 Å². The van der Waals surface area contributed by atoms with E-state index >= 15 is 0 Å². The van der Waals surface area contributed by atoms with Gasteiger partial charge in [0, 0.05) is 5.92 Å². The van der Waals surface area contributed by atoms with Crippen molar-refractivity contribution in [1.82, 2.24) is 0 Å². The molecule has 0 spiro atoms. The Labute approximate surface area is 291 Å². The Hall–Kier alpha value is -3.28. The van der Waals surface area contributed by atoms with Crippen LogP contribution in [0.15, 0.2) is 121 Å². The van der Waals surface area contributed by atoms with Crippen LogP contribution in [0.1, 0.15) is 73.6 Å². The Balaban J connectivity index is 0.000000250. The molecular weight excluding hydrogens is 662 g/mol. The molecule has 8 heteroatoms. The molecule has 0 saturated carbocycles. The van der Waals surface area contributed by atoms with Crippen LogP contribution in [0.25, 0.3) is 0 Å². The average Bonchev–Trinajstić information content (AvgIpc) is 3.06. The molecule has 46 heavy (non-hydrogen) atoms. The van der Waals surface area contributed by atoms with Gasteiger partial charge in [-0.2, -0.15) is 0 Å². The first-order chi connectivity index (χ1) is 22.1. The molecule has 4 rings (SSSR count). The van der Waals surface area contributed by atoms with Gasteiger partial charge in [-0.1, -0.05) is 142 Å². The topological polar surface area (TPSA) is 68.3 Å². The van der Waals surface area contributed by atoms with E-state index in [4.69, 9.17) is 46.4 Å². The maximum atomic E-state index is 12.5. The molecule has 0 saturated heterocycles. The number of carbonyl (C=O) groups is 4. The number of rotatable bonds is 14. The molecule has 0 aliphatic rings. The van der Waals surface area contributed by atoms with Gasteiger partial charge in [-0.25, -0.2) is 0 Å². The number of benzene rings is 4. The zero-order chi connectivity index (χ0) is 33.7. The molecule has 4 aromatic rings. The van der Waals surface area contributed by atoms with Crippen LogP contribution in [0.2, 0.25) is 0 Å². The second-order valence-corrected chi connectivity index (χ2v) is 12.4. The summed E-state index contributed by atoms with van der Waals surface area (Å²) in [6.07, 6.45) is 2.44. The zero-order valence-corrected chi connectivity index (χ0v) is 28.7. The van der Waals surface area contributed by atoms with Gasteiger partial charge in [0.25, 0.3) is 0 Å². The molecule has 0 heterocycles. The molecule has 0 amide bonds. The summed E-state index contributed by atoms with van der Waals surface area (Å²) in [5, 5.41) is -2.96. The predicted molar refractivity (Wildman–Crippen MR) is 188 cm³/mol. The first kappa shape index (κ1) is 37.2. The molecule has 2 unspecified atom stereocenters. The van der Waals surface area contributed by atoms with Gasteiger partial charge in [0.15, 0.2) is 0 Å². The van der Waals surface area contributed by atoms with Crippen LogP contribution in [-0.4, -0.2) is 21.0 Å². The highest BCUT2D eigenvalue weighted by Crippen LogP contribution is 2.46. The fraction of sp³-hybridized carbons (Fsp3) is 0.263. The first-order valence-corrected chi connectivity index (χ1v) is 16.6. The summed E-state index contributed by atoms with van der Waals surface area (Å²) in [5.74, 6) is -0.409. The standard InChI is InChI=1S/2C19H18Cl2O2/c1-2-14(15-9-5-3-6-10-15)13-19(17(20)22,18(21)23)16-11-7-4-8-12-16;1-2-9-16(14-10-5-3-6-11-14)19(17(20)22,18(21)23)15-12-7-4-8-13-15/h3-12,14H,2,13H2,1H3;3-8,10-13,16H,2,9H2,1H3. The Bertz CT molecular complexity index is 1550. The molecule has 4 aromatic carbocycles. The fourth-order valence-corrected chi connectivity index (χ4v) is 7.28. The molecule has 0 aliphatic heterocycles. The van der Waals surface area contributed by atoms with Crippen LogP contribution in [0.4, 0.5) is 0 Å². The molecule has 0 radical (unpaired) electrons. The Morgan fingerprint density at radius 1 is 0.543 bits per heavy atom. The number of hydrogen-bond donors (Lipinski definition) is 0. The molecule has 0 aliphatic carbocycles. The monoisotopic (exact) mass is 696 g/mol. The highest BCUT2D eigenvalue weighted by molar-refractivity contribution is 6.76. The van der Waals surface area contributed by atoms with E-state index in [0.29, 0.717) is 17.5 Å². The van der Waals surface area contributed by atoms with E-state index in [1.807, 2.05) is 86.6 Å². The minimum Gasteiger partial charge on any atom is -0.280 e. The Kier molecular flexibility index (Phi) is 14.2. The highest BCUT2D eigenvalue weighted by atomic mass is 35.5. The molecule has 0 bridgehead atoms. The van der Waals surface area contributed by atoms with Crippen LogP contribution in [0, 0.1) is 0 Å². The molecule has 0 aromatic heterocycles. The second kappa shape index (κ2) is 17.6. The average molecular weight is 699 g/mol. The van der Waals surface area contributed by atoms with Crippen LogP contribution in [-0.2, 0) is 30.0 Å². The molecule has 0 N–H and O–H groups in total. The first-order valence-electron chi connectivity index (χ1n) is 15.1. The van der Waals surface area contributed by atoms with E-state index in [0.717, 1.165) is 24.0 Å². The van der Waals surface area contributed by atoms with Crippen molar-refractivity contribution >= 4 is 67.4 Å². The normalized spacial score (nSPS) is 12.7. The van der Waals surface area contributed by atoms with Crippen LogP contribution in [0.3, 0.4) is 0 Å². The lowest BCUT2D eigenvalue weighted by molar-refractivity contribution is -0.128. The quantitative estimate of drug-likeness (QED) is 0.0972.